The van der Waals surface area contributed by atoms with E-state index in [0.29, 0.717) is 11.8 Å². The zero-order valence-electron chi connectivity index (χ0n) is 12.1. The number of rotatable bonds is 6. The standard InChI is InChI=1S/C15H19F2N3S/c1-3-12(4-2)20-6-5-11(19-20)9-21-15-13(16)7-10(18)8-14(15)17/h5-8,12H,3-4,9,18H2,1-2H3. The molecule has 1 heterocycles. The molecule has 1 aromatic heterocycles. The van der Waals surface area contributed by atoms with Crippen LogP contribution in [0.2, 0.25) is 0 Å². The summed E-state index contributed by atoms with van der Waals surface area (Å²) in [4.78, 5) is -0.0127. The molecule has 0 amide bonds. The number of nitrogens with zero attached hydrogens (tertiary/aromatic N) is 2. The van der Waals surface area contributed by atoms with Gasteiger partial charge in [0.05, 0.1) is 16.6 Å². The van der Waals surface area contributed by atoms with Crippen LogP contribution in [-0.2, 0) is 5.75 Å². The first kappa shape index (κ1) is 15.8. The third kappa shape index (κ3) is 3.75. The van der Waals surface area contributed by atoms with Crippen LogP contribution in [0, 0.1) is 11.6 Å². The number of halogens is 2. The number of hydrogen-bond acceptors (Lipinski definition) is 3. The lowest BCUT2D eigenvalue weighted by atomic mass is 10.2. The van der Waals surface area contributed by atoms with Gasteiger partial charge in [-0.15, -0.1) is 11.8 Å². The first-order chi connectivity index (χ1) is 10.0. The number of aromatic nitrogens is 2. The highest BCUT2D eigenvalue weighted by atomic mass is 32.2. The van der Waals surface area contributed by atoms with Gasteiger partial charge in [-0.05, 0) is 31.0 Å². The Balaban J connectivity index is 2.07. The van der Waals surface area contributed by atoms with Crippen molar-refractivity contribution in [3.8, 4) is 0 Å². The van der Waals surface area contributed by atoms with Gasteiger partial charge in [0.15, 0.2) is 0 Å². The van der Waals surface area contributed by atoms with Gasteiger partial charge < -0.3 is 5.73 Å². The van der Waals surface area contributed by atoms with Gasteiger partial charge in [0, 0.05) is 17.6 Å². The molecule has 6 heteroatoms. The second kappa shape index (κ2) is 6.93. The molecule has 0 aliphatic heterocycles. The van der Waals surface area contributed by atoms with Crippen molar-refractivity contribution in [2.24, 2.45) is 0 Å². The predicted molar refractivity (Wildman–Crippen MR) is 82.2 cm³/mol. The Morgan fingerprint density at radius 3 is 2.43 bits per heavy atom. The molecule has 114 valence electrons. The van der Waals surface area contributed by atoms with Crippen LogP contribution in [0.1, 0.15) is 38.4 Å². The maximum absolute atomic E-state index is 13.7. The summed E-state index contributed by atoms with van der Waals surface area (Å²) in [5.74, 6) is -0.834. The summed E-state index contributed by atoms with van der Waals surface area (Å²) in [7, 11) is 0. The summed E-state index contributed by atoms with van der Waals surface area (Å²) < 4.78 is 29.3. The Morgan fingerprint density at radius 1 is 1.24 bits per heavy atom. The van der Waals surface area contributed by atoms with E-state index in [9.17, 15) is 8.78 Å². The molecule has 0 atom stereocenters. The first-order valence-corrected chi connectivity index (χ1v) is 7.95. The van der Waals surface area contributed by atoms with E-state index in [2.05, 4.69) is 18.9 Å². The smallest absolute Gasteiger partial charge is 0.141 e. The Labute approximate surface area is 127 Å². The molecule has 1 aromatic carbocycles. The van der Waals surface area contributed by atoms with Crippen molar-refractivity contribution in [2.75, 3.05) is 5.73 Å². The van der Waals surface area contributed by atoms with E-state index in [1.54, 1.807) is 0 Å². The monoisotopic (exact) mass is 311 g/mol. The van der Waals surface area contributed by atoms with Crippen LogP contribution in [0.15, 0.2) is 29.3 Å². The van der Waals surface area contributed by atoms with Crippen LogP contribution in [0.5, 0.6) is 0 Å². The molecule has 21 heavy (non-hydrogen) atoms. The molecule has 0 saturated heterocycles. The van der Waals surface area contributed by atoms with E-state index in [1.807, 2.05) is 16.9 Å². The fraction of sp³-hybridized carbons (Fsp3) is 0.400. The van der Waals surface area contributed by atoms with Crippen molar-refractivity contribution in [2.45, 2.75) is 43.4 Å². The van der Waals surface area contributed by atoms with E-state index in [4.69, 9.17) is 5.73 Å². The van der Waals surface area contributed by atoms with E-state index < -0.39 is 11.6 Å². The third-order valence-corrected chi connectivity index (χ3v) is 4.48. The highest BCUT2D eigenvalue weighted by molar-refractivity contribution is 7.98. The number of hydrogen-bond donors (Lipinski definition) is 1. The Hall–Kier alpha value is -1.56. The van der Waals surface area contributed by atoms with Gasteiger partial charge in [-0.3, -0.25) is 4.68 Å². The van der Waals surface area contributed by atoms with Crippen molar-refractivity contribution in [3.05, 3.63) is 41.7 Å². The van der Waals surface area contributed by atoms with E-state index in [-0.39, 0.29) is 10.6 Å². The maximum Gasteiger partial charge on any atom is 0.141 e. The number of thioether (sulfide) groups is 1. The molecular weight excluding hydrogens is 292 g/mol. The Bertz CT molecular complexity index is 586. The fourth-order valence-corrected chi connectivity index (χ4v) is 3.02. The maximum atomic E-state index is 13.7. The molecule has 0 unspecified atom stereocenters. The average Bonchev–Trinajstić information content (AvgIpc) is 2.87. The minimum atomic E-state index is -0.628. The summed E-state index contributed by atoms with van der Waals surface area (Å²) in [5.41, 5.74) is 6.30. The van der Waals surface area contributed by atoms with Crippen molar-refractivity contribution >= 4 is 17.4 Å². The van der Waals surface area contributed by atoms with Crippen LogP contribution in [0.4, 0.5) is 14.5 Å². The van der Waals surface area contributed by atoms with Crippen LogP contribution < -0.4 is 5.73 Å². The molecule has 0 bridgehead atoms. The molecule has 0 spiro atoms. The number of anilines is 1. The van der Waals surface area contributed by atoms with Crippen LogP contribution in [-0.4, -0.2) is 9.78 Å². The van der Waals surface area contributed by atoms with Crippen molar-refractivity contribution in [1.29, 1.82) is 0 Å². The summed E-state index contributed by atoms with van der Waals surface area (Å²) in [5, 5.41) is 4.47. The molecule has 2 rings (SSSR count). The van der Waals surface area contributed by atoms with Crippen molar-refractivity contribution in [3.63, 3.8) is 0 Å². The van der Waals surface area contributed by atoms with Gasteiger partial charge in [0.1, 0.15) is 11.6 Å². The molecule has 2 N–H and O–H groups in total. The average molecular weight is 311 g/mol. The second-order valence-electron chi connectivity index (χ2n) is 4.86. The largest absolute Gasteiger partial charge is 0.399 e. The SMILES string of the molecule is CCC(CC)n1ccc(CSc2c(F)cc(N)cc2F)n1. The van der Waals surface area contributed by atoms with Crippen LogP contribution in [0.3, 0.4) is 0 Å². The Kier molecular flexibility index (Phi) is 5.22. The molecule has 0 fully saturated rings. The van der Waals surface area contributed by atoms with E-state index in [1.165, 1.54) is 0 Å². The lowest BCUT2D eigenvalue weighted by Crippen LogP contribution is -2.07. The molecule has 0 aliphatic carbocycles. The second-order valence-corrected chi connectivity index (χ2v) is 5.85. The molecule has 0 aliphatic rings. The topological polar surface area (TPSA) is 43.8 Å². The number of nitrogens with two attached hydrogens (primary N) is 1. The predicted octanol–water partition coefficient (Wildman–Crippen LogP) is 4.40. The third-order valence-electron chi connectivity index (χ3n) is 3.37. The molecule has 0 radical (unpaired) electrons. The van der Waals surface area contributed by atoms with Gasteiger partial charge in [0.2, 0.25) is 0 Å². The van der Waals surface area contributed by atoms with Gasteiger partial charge in [-0.2, -0.15) is 5.10 Å². The molecule has 3 nitrogen and oxygen atoms in total. The van der Waals surface area contributed by atoms with Gasteiger partial charge in [-0.1, -0.05) is 13.8 Å². The summed E-state index contributed by atoms with van der Waals surface area (Å²) in [6, 6.07) is 4.52. The zero-order valence-corrected chi connectivity index (χ0v) is 13.0. The summed E-state index contributed by atoms with van der Waals surface area (Å²) >= 11 is 1.09. The highest BCUT2D eigenvalue weighted by Crippen LogP contribution is 2.29. The van der Waals surface area contributed by atoms with E-state index in [0.717, 1.165) is 42.4 Å². The first-order valence-electron chi connectivity index (χ1n) is 6.96. The summed E-state index contributed by atoms with van der Waals surface area (Å²) in [6.07, 6.45) is 3.93. The van der Waals surface area contributed by atoms with Gasteiger partial charge >= 0.3 is 0 Å². The minimum Gasteiger partial charge on any atom is -0.399 e. The minimum absolute atomic E-state index is 0.0127. The van der Waals surface area contributed by atoms with E-state index >= 15 is 0 Å². The quantitative estimate of drug-likeness (QED) is 0.635. The number of benzene rings is 1. The highest BCUT2D eigenvalue weighted by Gasteiger charge is 2.13. The Morgan fingerprint density at radius 2 is 1.86 bits per heavy atom. The molecular formula is C15H19F2N3S. The van der Waals surface area contributed by atoms with Crippen molar-refractivity contribution < 1.29 is 8.78 Å². The van der Waals surface area contributed by atoms with Gasteiger partial charge in [-0.25, -0.2) is 8.78 Å². The lowest BCUT2D eigenvalue weighted by Gasteiger charge is -2.12. The van der Waals surface area contributed by atoms with Crippen molar-refractivity contribution in [1.82, 2.24) is 9.78 Å². The van der Waals surface area contributed by atoms with Crippen LogP contribution >= 0.6 is 11.8 Å². The zero-order chi connectivity index (χ0) is 15.4. The normalized spacial score (nSPS) is 11.3. The molecule has 2 aromatic rings. The number of nitrogen functional groups attached to an aromatic ring is 1. The van der Waals surface area contributed by atoms with Gasteiger partial charge in [0.25, 0.3) is 0 Å². The van der Waals surface area contributed by atoms with Crippen LogP contribution in [0.25, 0.3) is 0 Å². The summed E-state index contributed by atoms with van der Waals surface area (Å²) in [6.45, 7) is 4.23. The molecule has 0 saturated carbocycles. The fourth-order valence-electron chi connectivity index (χ4n) is 2.18. The lowest BCUT2D eigenvalue weighted by molar-refractivity contribution is 0.426.